The topological polar surface area (TPSA) is 84.1 Å². The molecular formula is C23H18F3N3O3. The first kappa shape index (κ1) is 22.6. The average Bonchev–Trinajstić information content (AvgIpc) is 3.09. The molecule has 3 rings (SSSR count). The molecule has 3 aromatic rings. The van der Waals surface area contributed by atoms with Gasteiger partial charge in [-0.25, -0.2) is 0 Å². The Hall–Kier alpha value is -4.06. The summed E-state index contributed by atoms with van der Waals surface area (Å²) >= 11 is 0. The molecule has 2 aromatic carbocycles. The fraction of sp³-hybridized carbons (Fsp3) is 0.174. The number of alkyl halides is 3. The number of para-hydroxylation sites is 1. The van der Waals surface area contributed by atoms with E-state index in [1.165, 1.54) is 12.1 Å². The monoisotopic (exact) mass is 441 g/mol. The number of fused-ring (bicyclic) bond motifs is 1. The zero-order valence-electron chi connectivity index (χ0n) is 16.9. The Bertz CT molecular complexity index is 1240. The minimum absolute atomic E-state index is 0.0550. The van der Waals surface area contributed by atoms with Gasteiger partial charge in [-0.3, -0.25) is 9.59 Å². The highest BCUT2D eigenvalue weighted by Crippen LogP contribution is 2.31. The lowest BCUT2D eigenvalue weighted by Crippen LogP contribution is -2.14. The van der Waals surface area contributed by atoms with Crippen molar-refractivity contribution in [1.82, 2.24) is 4.57 Å². The summed E-state index contributed by atoms with van der Waals surface area (Å²) in [5.41, 5.74) is -0.111. The van der Waals surface area contributed by atoms with Crippen molar-refractivity contribution in [1.29, 1.82) is 5.26 Å². The number of nitriles is 1. The molecule has 1 N–H and O–H groups in total. The SMILES string of the molecule is CCOC(=O)Cn1cc(/C=C(/C#N)C(=O)Nc2cccc(C(F)(F)F)c2)c2ccccc21. The summed E-state index contributed by atoms with van der Waals surface area (Å²) in [5, 5.41) is 12.5. The highest BCUT2D eigenvalue weighted by molar-refractivity contribution is 6.10. The normalized spacial score (nSPS) is 11.8. The summed E-state index contributed by atoms with van der Waals surface area (Å²) in [7, 11) is 0. The maximum atomic E-state index is 12.9. The standard InChI is InChI=1S/C23H18F3N3O3/c1-2-32-21(30)14-29-13-16(19-8-3-4-9-20(19)29)10-15(12-27)22(31)28-18-7-5-6-17(11-18)23(24,25)26/h3-11,13H,2,14H2,1H3,(H,28,31)/b15-10-. The fourth-order valence-corrected chi connectivity index (χ4v) is 3.14. The van der Waals surface area contributed by atoms with Crippen molar-refractivity contribution in [3.63, 3.8) is 0 Å². The predicted molar refractivity (Wildman–Crippen MR) is 112 cm³/mol. The van der Waals surface area contributed by atoms with Gasteiger partial charge in [-0.15, -0.1) is 0 Å². The number of hydrogen-bond donors (Lipinski definition) is 1. The Morgan fingerprint density at radius 2 is 1.94 bits per heavy atom. The number of nitrogens with zero attached hydrogens (tertiary/aromatic N) is 2. The van der Waals surface area contributed by atoms with E-state index in [0.717, 1.165) is 18.2 Å². The van der Waals surface area contributed by atoms with Crippen LogP contribution in [0.2, 0.25) is 0 Å². The van der Waals surface area contributed by atoms with Crippen LogP contribution in [-0.4, -0.2) is 23.1 Å². The van der Waals surface area contributed by atoms with E-state index in [9.17, 15) is 28.0 Å². The first-order valence-corrected chi connectivity index (χ1v) is 9.57. The number of benzene rings is 2. The molecule has 1 aromatic heterocycles. The number of ether oxygens (including phenoxy) is 1. The lowest BCUT2D eigenvalue weighted by atomic mass is 10.1. The van der Waals surface area contributed by atoms with E-state index >= 15 is 0 Å². The van der Waals surface area contributed by atoms with Gasteiger partial charge in [0.25, 0.3) is 5.91 Å². The molecule has 6 nitrogen and oxygen atoms in total. The van der Waals surface area contributed by atoms with Crippen LogP contribution in [0.5, 0.6) is 0 Å². The van der Waals surface area contributed by atoms with Crippen LogP contribution in [0, 0.1) is 11.3 Å². The first-order chi connectivity index (χ1) is 15.2. The molecule has 0 unspecified atom stereocenters. The Kier molecular flexibility index (Phi) is 6.64. The molecule has 0 atom stereocenters. The molecule has 0 aliphatic carbocycles. The molecule has 9 heteroatoms. The van der Waals surface area contributed by atoms with Gasteiger partial charge in [0.2, 0.25) is 0 Å². The van der Waals surface area contributed by atoms with Gasteiger partial charge in [0, 0.05) is 28.4 Å². The van der Waals surface area contributed by atoms with E-state index in [0.29, 0.717) is 16.5 Å². The van der Waals surface area contributed by atoms with Gasteiger partial charge >= 0.3 is 12.1 Å². The Labute approximate surface area is 181 Å². The average molecular weight is 441 g/mol. The molecule has 0 aliphatic rings. The van der Waals surface area contributed by atoms with Crippen molar-refractivity contribution in [3.8, 4) is 6.07 Å². The molecule has 0 radical (unpaired) electrons. The smallest absolute Gasteiger partial charge is 0.416 e. The lowest BCUT2D eigenvalue weighted by Gasteiger charge is -2.09. The predicted octanol–water partition coefficient (Wildman–Crippen LogP) is 4.77. The Morgan fingerprint density at radius 3 is 2.62 bits per heavy atom. The molecule has 1 amide bonds. The maximum absolute atomic E-state index is 12.9. The number of esters is 1. The summed E-state index contributed by atoms with van der Waals surface area (Å²) in [6.45, 7) is 1.88. The number of carbonyl (C=O) groups excluding carboxylic acids is 2. The third-order valence-electron chi connectivity index (χ3n) is 4.54. The third-order valence-corrected chi connectivity index (χ3v) is 4.54. The molecule has 0 saturated carbocycles. The second kappa shape index (κ2) is 9.39. The number of nitrogens with one attached hydrogen (secondary N) is 1. The summed E-state index contributed by atoms with van der Waals surface area (Å²) in [4.78, 5) is 24.4. The van der Waals surface area contributed by atoms with Crippen molar-refractivity contribution < 1.29 is 27.5 Å². The number of hydrogen-bond acceptors (Lipinski definition) is 4. The van der Waals surface area contributed by atoms with Crippen LogP contribution in [0.25, 0.3) is 17.0 Å². The largest absolute Gasteiger partial charge is 0.465 e. The molecule has 0 aliphatic heterocycles. The van der Waals surface area contributed by atoms with Crippen LogP contribution in [0.15, 0.2) is 60.3 Å². The molecule has 1 heterocycles. The summed E-state index contributed by atoms with van der Waals surface area (Å²) in [6.07, 6.45) is -1.63. The van der Waals surface area contributed by atoms with Crippen LogP contribution >= 0.6 is 0 Å². The molecule has 32 heavy (non-hydrogen) atoms. The summed E-state index contributed by atoms with van der Waals surface area (Å²) in [6, 6.07) is 13.0. The van der Waals surface area contributed by atoms with Gasteiger partial charge < -0.3 is 14.6 Å². The molecule has 164 valence electrons. The van der Waals surface area contributed by atoms with Crippen molar-refractivity contribution in [2.45, 2.75) is 19.6 Å². The zero-order chi connectivity index (χ0) is 23.3. The number of halogens is 3. The third kappa shape index (κ3) is 5.16. The number of carbonyl (C=O) groups is 2. The van der Waals surface area contributed by atoms with Crippen LogP contribution in [0.1, 0.15) is 18.1 Å². The highest BCUT2D eigenvalue weighted by Gasteiger charge is 2.30. The van der Waals surface area contributed by atoms with Gasteiger partial charge in [-0.2, -0.15) is 18.4 Å². The second-order valence-electron chi connectivity index (χ2n) is 6.74. The number of amides is 1. The van der Waals surface area contributed by atoms with Crippen molar-refractivity contribution in [2.24, 2.45) is 0 Å². The zero-order valence-corrected chi connectivity index (χ0v) is 16.9. The van der Waals surface area contributed by atoms with Crippen LogP contribution in [0.4, 0.5) is 18.9 Å². The highest BCUT2D eigenvalue weighted by atomic mass is 19.4. The van der Waals surface area contributed by atoms with Crippen molar-refractivity contribution >= 4 is 34.5 Å². The number of aromatic nitrogens is 1. The summed E-state index contributed by atoms with van der Waals surface area (Å²) < 4.78 is 45.3. The fourth-order valence-electron chi connectivity index (χ4n) is 3.14. The van der Waals surface area contributed by atoms with E-state index in [-0.39, 0.29) is 24.4 Å². The number of anilines is 1. The van der Waals surface area contributed by atoms with Gasteiger partial charge in [-0.05, 0) is 37.3 Å². The van der Waals surface area contributed by atoms with Gasteiger partial charge in [-0.1, -0.05) is 24.3 Å². The van der Waals surface area contributed by atoms with Gasteiger partial charge in [0.05, 0.1) is 12.2 Å². The van der Waals surface area contributed by atoms with E-state index < -0.39 is 23.6 Å². The molecule has 0 spiro atoms. The van der Waals surface area contributed by atoms with E-state index in [1.54, 1.807) is 48.0 Å². The quantitative estimate of drug-likeness (QED) is 0.339. The molecular weight excluding hydrogens is 423 g/mol. The van der Waals surface area contributed by atoms with Crippen molar-refractivity contribution in [3.05, 3.63) is 71.4 Å². The van der Waals surface area contributed by atoms with Crippen LogP contribution in [0.3, 0.4) is 0 Å². The Morgan fingerprint density at radius 1 is 1.19 bits per heavy atom. The van der Waals surface area contributed by atoms with E-state index in [2.05, 4.69) is 5.32 Å². The minimum atomic E-state index is -4.56. The maximum Gasteiger partial charge on any atom is 0.416 e. The van der Waals surface area contributed by atoms with E-state index in [4.69, 9.17) is 4.74 Å². The van der Waals surface area contributed by atoms with E-state index in [1.807, 2.05) is 0 Å². The van der Waals surface area contributed by atoms with Gasteiger partial charge in [0.15, 0.2) is 0 Å². The molecule has 0 fully saturated rings. The first-order valence-electron chi connectivity index (χ1n) is 9.57. The molecule has 0 bridgehead atoms. The Balaban J connectivity index is 1.92. The summed E-state index contributed by atoms with van der Waals surface area (Å²) in [5.74, 6) is -1.29. The van der Waals surface area contributed by atoms with Gasteiger partial charge in [0.1, 0.15) is 18.2 Å². The molecule has 0 saturated heterocycles. The van der Waals surface area contributed by atoms with Crippen LogP contribution in [-0.2, 0) is 27.0 Å². The number of rotatable bonds is 6. The second-order valence-corrected chi connectivity index (χ2v) is 6.74. The van der Waals surface area contributed by atoms with Crippen LogP contribution < -0.4 is 5.32 Å². The van der Waals surface area contributed by atoms with Crippen molar-refractivity contribution in [2.75, 3.05) is 11.9 Å². The lowest BCUT2D eigenvalue weighted by molar-refractivity contribution is -0.143. The minimum Gasteiger partial charge on any atom is -0.465 e.